The lowest BCUT2D eigenvalue weighted by molar-refractivity contribution is 0.667. The number of fused-ring (bicyclic) bond motifs is 8. The van der Waals surface area contributed by atoms with Gasteiger partial charge in [0.2, 0.25) is 0 Å². The number of hydrogen-bond donors (Lipinski definition) is 0. The number of furan rings is 1. The Morgan fingerprint density at radius 3 is 1.42 bits per heavy atom. The van der Waals surface area contributed by atoms with Crippen LogP contribution in [0.15, 0.2) is 199 Å². The van der Waals surface area contributed by atoms with Gasteiger partial charge in [0.1, 0.15) is 11.2 Å². The number of hydrogen-bond acceptors (Lipinski definition) is 1. The maximum Gasteiger partial charge on any atom is 0.135 e. The summed E-state index contributed by atoms with van der Waals surface area (Å²) in [6.45, 7) is 0. The first-order valence-corrected chi connectivity index (χ1v) is 21.9. The van der Waals surface area contributed by atoms with Gasteiger partial charge in [0.15, 0.2) is 0 Å². The second-order valence-corrected chi connectivity index (χ2v) is 18.2. The van der Waals surface area contributed by atoms with Crippen molar-refractivity contribution in [2.75, 3.05) is 0 Å². The number of benzene rings is 10. The van der Waals surface area contributed by atoms with E-state index >= 15 is 0 Å². The summed E-state index contributed by atoms with van der Waals surface area (Å²) in [4.78, 5) is 0. The third kappa shape index (κ3) is 2.84. The van der Waals surface area contributed by atoms with Crippen LogP contribution in [-0.4, -0.2) is 9.13 Å². The first-order chi connectivity index (χ1) is 30.8. The Morgan fingerprint density at radius 1 is 0.290 bits per heavy atom. The van der Waals surface area contributed by atoms with Crippen molar-refractivity contribution >= 4 is 87.1 Å². The molecule has 3 spiro atoms. The Kier molecular flexibility index (Phi) is 4.93. The van der Waals surface area contributed by atoms with E-state index in [4.69, 9.17) is 4.42 Å². The topological polar surface area (TPSA) is 23.0 Å². The minimum absolute atomic E-state index is 0.411. The van der Waals surface area contributed by atoms with Crippen LogP contribution in [0.4, 0.5) is 0 Å². The lowest BCUT2D eigenvalue weighted by Gasteiger charge is -2.33. The maximum atomic E-state index is 6.85. The van der Waals surface area contributed by atoms with E-state index in [1.54, 1.807) is 0 Å². The van der Waals surface area contributed by atoms with E-state index in [0.717, 1.165) is 11.2 Å². The van der Waals surface area contributed by atoms with Crippen molar-refractivity contribution < 1.29 is 4.42 Å². The fourth-order valence-electron chi connectivity index (χ4n) is 14.7. The molecule has 0 saturated heterocycles. The molecule has 0 amide bonds. The molecule has 3 aromatic heterocycles. The molecule has 1 saturated carbocycles. The van der Waals surface area contributed by atoms with Gasteiger partial charge in [-0.1, -0.05) is 133 Å². The molecule has 3 atom stereocenters. The SMILES string of the molecule is c1ccc(-n2c3ccccc3c3c4cccc5c4c(cc32)C23c4cccc6c4c(cc4c7ccccc7n(-c7ccccc7)c64)C24c2cccc6oc7cccc(c7c26)C534)cc1. The van der Waals surface area contributed by atoms with E-state index in [0.29, 0.717) is 0 Å². The average Bonchev–Trinajstić information content (AvgIpc) is 3.86. The molecule has 1 fully saturated rings. The highest BCUT2D eigenvalue weighted by atomic mass is 16.3. The summed E-state index contributed by atoms with van der Waals surface area (Å²) < 4.78 is 11.9. The van der Waals surface area contributed by atoms with Gasteiger partial charge in [0.05, 0.1) is 38.3 Å². The van der Waals surface area contributed by atoms with Crippen LogP contribution in [0, 0.1) is 0 Å². The van der Waals surface area contributed by atoms with E-state index in [9.17, 15) is 0 Å². The smallest absolute Gasteiger partial charge is 0.135 e. The third-order valence-electron chi connectivity index (χ3n) is 16.2. The highest BCUT2D eigenvalue weighted by molar-refractivity contribution is 6.29. The van der Waals surface area contributed by atoms with Crippen LogP contribution in [-0.2, 0) is 16.2 Å². The zero-order valence-corrected chi connectivity index (χ0v) is 33.3. The van der Waals surface area contributed by atoms with Crippen molar-refractivity contribution in [3.63, 3.8) is 0 Å². The third-order valence-corrected chi connectivity index (χ3v) is 16.2. The first-order valence-electron chi connectivity index (χ1n) is 21.9. The standard InChI is InChI=1S/C59H32N2O/c1-3-15-33(16-4-1)60-47-28-10-8-20-36(47)51-37-21-11-23-40-52(37)45(32-48(51)60)58-41-24-12-22-38-53(41)44(31-39-35-19-7-9-27-46(35)61(56(38)39)34-17-5-2-6-18-34)59(58)43-26-14-30-50-55(43)54-42(57(40,58)59)25-13-29-49(54)62-50/h1-32H. The minimum atomic E-state index is -0.435. The molecule has 17 rings (SSSR count). The van der Waals surface area contributed by atoms with Crippen molar-refractivity contribution in [2.45, 2.75) is 16.2 Å². The normalized spacial score (nSPS) is 21.1. The molecule has 4 aliphatic carbocycles. The lowest BCUT2D eigenvalue weighted by Crippen LogP contribution is -2.28. The highest BCUT2D eigenvalue weighted by Crippen LogP contribution is 2.94. The quantitative estimate of drug-likeness (QED) is 0.171. The highest BCUT2D eigenvalue weighted by Gasteiger charge is 2.95. The fraction of sp³-hybridized carbons (Fsp3) is 0.0508. The second-order valence-electron chi connectivity index (χ2n) is 18.2. The Labute approximate surface area is 354 Å². The molecule has 0 aliphatic heterocycles. The first kappa shape index (κ1) is 31.1. The van der Waals surface area contributed by atoms with Crippen LogP contribution in [0.25, 0.3) is 98.5 Å². The molecule has 62 heavy (non-hydrogen) atoms. The van der Waals surface area contributed by atoms with Crippen LogP contribution in [0.2, 0.25) is 0 Å². The van der Waals surface area contributed by atoms with E-state index in [1.807, 2.05) is 0 Å². The van der Waals surface area contributed by atoms with Gasteiger partial charge in [-0.25, -0.2) is 0 Å². The van der Waals surface area contributed by atoms with Gasteiger partial charge in [0.25, 0.3) is 0 Å². The Hall–Kier alpha value is -7.88. The van der Waals surface area contributed by atoms with E-state index in [1.165, 1.54) is 121 Å². The summed E-state index contributed by atoms with van der Waals surface area (Å²) in [7, 11) is 0. The monoisotopic (exact) mass is 784 g/mol. The molecular weight excluding hydrogens is 753 g/mol. The Morgan fingerprint density at radius 2 is 0.758 bits per heavy atom. The molecular formula is C59H32N2O. The van der Waals surface area contributed by atoms with Crippen LogP contribution < -0.4 is 0 Å². The van der Waals surface area contributed by atoms with Crippen molar-refractivity contribution in [3.05, 3.63) is 228 Å². The Bertz CT molecular complexity index is 4280. The number of nitrogens with zero attached hydrogens (tertiary/aromatic N) is 2. The fourth-order valence-corrected chi connectivity index (χ4v) is 14.7. The molecule has 0 radical (unpaired) electrons. The molecule has 13 aromatic rings. The Balaban J connectivity index is 1.14. The predicted molar refractivity (Wildman–Crippen MR) is 253 cm³/mol. The summed E-state index contributed by atoms with van der Waals surface area (Å²) in [6, 6.07) is 73.6. The summed E-state index contributed by atoms with van der Waals surface area (Å²) in [5.74, 6) is 0. The van der Waals surface area contributed by atoms with E-state index in [-0.39, 0.29) is 0 Å². The van der Waals surface area contributed by atoms with E-state index < -0.39 is 16.2 Å². The predicted octanol–water partition coefficient (Wildman–Crippen LogP) is 14.3. The number of para-hydroxylation sites is 4. The molecule has 3 heteroatoms. The summed E-state index contributed by atoms with van der Waals surface area (Å²) in [6.07, 6.45) is 0. The van der Waals surface area contributed by atoms with Crippen molar-refractivity contribution in [1.82, 2.24) is 9.13 Å². The van der Waals surface area contributed by atoms with Crippen LogP contribution >= 0.6 is 0 Å². The zero-order valence-electron chi connectivity index (χ0n) is 33.3. The molecule has 3 heterocycles. The molecule has 3 nitrogen and oxygen atoms in total. The van der Waals surface area contributed by atoms with Gasteiger partial charge >= 0.3 is 0 Å². The molecule has 4 aliphatic rings. The molecule has 3 unspecified atom stereocenters. The van der Waals surface area contributed by atoms with Crippen molar-refractivity contribution in [1.29, 1.82) is 0 Å². The van der Waals surface area contributed by atoms with E-state index in [2.05, 4.69) is 203 Å². The largest absolute Gasteiger partial charge is 0.456 e. The van der Waals surface area contributed by atoms with Gasteiger partial charge in [-0.2, -0.15) is 0 Å². The number of aromatic nitrogens is 2. The molecule has 0 N–H and O–H groups in total. The van der Waals surface area contributed by atoms with Gasteiger partial charge in [-0.3, -0.25) is 0 Å². The molecule has 284 valence electrons. The molecule has 0 bridgehead atoms. The average molecular weight is 785 g/mol. The van der Waals surface area contributed by atoms with Gasteiger partial charge in [-0.15, -0.1) is 0 Å². The molecule has 10 aromatic carbocycles. The second kappa shape index (κ2) is 9.84. The summed E-state index contributed by atoms with van der Waals surface area (Å²) in [5, 5.41) is 13.2. The lowest BCUT2D eigenvalue weighted by atomic mass is 9.67. The van der Waals surface area contributed by atoms with Crippen LogP contribution in [0.1, 0.15) is 33.4 Å². The zero-order chi connectivity index (χ0) is 39.8. The van der Waals surface area contributed by atoms with Gasteiger partial charge in [-0.05, 0) is 110 Å². The van der Waals surface area contributed by atoms with Crippen LogP contribution in [0.3, 0.4) is 0 Å². The maximum absolute atomic E-state index is 6.85. The van der Waals surface area contributed by atoms with Crippen LogP contribution in [0.5, 0.6) is 0 Å². The summed E-state index contributed by atoms with van der Waals surface area (Å²) >= 11 is 0. The van der Waals surface area contributed by atoms with Crippen molar-refractivity contribution in [2.24, 2.45) is 0 Å². The minimum Gasteiger partial charge on any atom is -0.456 e. The number of rotatable bonds is 2. The van der Waals surface area contributed by atoms with Gasteiger partial charge in [0, 0.05) is 49.1 Å². The summed E-state index contributed by atoms with van der Waals surface area (Å²) in [5.41, 5.74) is 16.6. The van der Waals surface area contributed by atoms with Crippen molar-refractivity contribution in [3.8, 4) is 11.4 Å². The van der Waals surface area contributed by atoms with Gasteiger partial charge < -0.3 is 13.6 Å².